The highest BCUT2D eigenvalue weighted by Crippen LogP contribution is 2.29. The molecule has 2 N–H and O–H groups in total. The zero-order valence-electron chi connectivity index (χ0n) is 15.9. The molecule has 4 rings (SSSR count). The predicted octanol–water partition coefficient (Wildman–Crippen LogP) is 4.17. The molecule has 2 aromatic heterocycles. The van der Waals surface area contributed by atoms with Crippen molar-refractivity contribution in [2.45, 2.75) is 13.3 Å². The lowest BCUT2D eigenvalue weighted by Crippen LogP contribution is -2.16. The maximum atomic E-state index is 11.9. The summed E-state index contributed by atoms with van der Waals surface area (Å²) in [4.78, 5) is 15.0. The molecule has 0 saturated heterocycles. The highest BCUT2D eigenvalue weighted by Gasteiger charge is 2.10. The van der Waals surface area contributed by atoms with E-state index in [4.69, 9.17) is 4.74 Å². The van der Waals surface area contributed by atoms with Crippen LogP contribution in [0.2, 0.25) is 0 Å². The summed E-state index contributed by atoms with van der Waals surface area (Å²) in [7, 11) is 1.50. The standard InChI is InChI=1S/C22H22N4O2/c1-3-15-4-7-18(8-5-15)26-13-17(11-24-26)16-6-9-20-19(10-16)21(12-23-20)25-22(27)14-28-2/h4-13,23H,3,14H2,1-2H3,(H,25,27). The zero-order chi connectivity index (χ0) is 19.5. The van der Waals surface area contributed by atoms with Crippen molar-refractivity contribution in [2.24, 2.45) is 0 Å². The molecule has 28 heavy (non-hydrogen) atoms. The maximum Gasteiger partial charge on any atom is 0.250 e. The molecule has 2 heterocycles. The number of nitrogens with one attached hydrogen (secondary N) is 2. The Morgan fingerprint density at radius 3 is 2.75 bits per heavy atom. The normalized spacial score (nSPS) is 11.1. The first-order valence-electron chi connectivity index (χ1n) is 9.22. The van der Waals surface area contributed by atoms with Crippen molar-refractivity contribution >= 4 is 22.5 Å². The molecule has 0 aliphatic carbocycles. The number of hydrogen-bond donors (Lipinski definition) is 2. The average Bonchev–Trinajstić information content (AvgIpc) is 3.36. The van der Waals surface area contributed by atoms with Crippen molar-refractivity contribution in [3.8, 4) is 16.8 Å². The zero-order valence-corrected chi connectivity index (χ0v) is 15.9. The van der Waals surface area contributed by atoms with E-state index in [-0.39, 0.29) is 12.5 Å². The van der Waals surface area contributed by atoms with Crippen LogP contribution in [-0.2, 0) is 16.0 Å². The van der Waals surface area contributed by atoms with Gasteiger partial charge in [0.25, 0.3) is 0 Å². The number of ether oxygens (including phenoxy) is 1. The first kappa shape index (κ1) is 18.0. The fourth-order valence-electron chi connectivity index (χ4n) is 3.22. The molecule has 0 atom stereocenters. The van der Waals surface area contributed by atoms with Crippen LogP contribution in [0.4, 0.5) is 5.69 Å². The second-order valence-electron chi connectivity index (χ2n) is 6.64. The number of nitrogens with zero attached hydrogens (tertiary/aromatic N) is 2. The third-order valence-electron chi connectivity index (χ3n) is 4.76. The van der Waals surface area contributed by atoms with Crippen LogP contribution in [0.15, 0.2) is 61.1 Å². The molecule has 0 spiro atoms. The van der Waals surface area contributed by atoms with Gasteiger partial charge in [0.15, 0.2) is 0 Å². The quantitative estimate of drug-likeness (QED) is 0.532. The third kappa shape index (κ3) is 3.54. The molecule has 0 saturated carbocycles. The van der Waals surface area contributed by atoms with Gasteiger partial charge in [0.05, 0.1) is 17.6 Å². The molecule has 0 unspecified atom stereocenters. The van der Waals surface area contributed by atoms with Crippen LogP contribution >= 0.6 is 0 Å². The molecule has 1 amide bonds. The van der Waals surface area contributed by atoms with Gasteiger partial charge in [0, 0.05) is 36.0 Å². The van der Waals surface area contributed by atoms with E-state index in [0.717, 1.165) is 39.8 Å². The van der Waals surface area contributed by atoms with Gasteiger partial charge in [0.2, 0.25) is 5.91 Å². The fourth-order valence-corrected chi connectivity index (χ4v) is 3.22. The molecule has 0 aliphatic rings. The van der Waals surface area contributed by atoms with Crippen molar-refractivity contribution in [2.75, 3.05) is 19.0 Å². The van der Waals surface area contributed by atoms with Gasteiger partial charge in [-0.05, 0) is 41.8 Å². The van der Waals surface area contributed by atoms with E-state index in [1.165, 1.54) is 12.7 Å². The molecule has 142 valence electrons. The van der Waals surface area contributed by atoms with Gasteiger partial charge < -0.3 is 15.0 Å². The maximum absolute atomic E-state index is 11.9. The van der Waals surface area contributed by atoms with Crippen LogP contribution in [-0.4, -0.2) is 34.4 Å². The Morgan fingerprint density at radius 2 is 2.00 bits per heavy atom. The number of carbonyl (C=O) groups is 1. The van der Waals surface area contributed by atoms with E-state index in [9.17, 15) is 4.79 Å². The van der Waals surface area contributed by atoms with Crippen LogP contribution in [0.5, 0.6) is 0 Å². The second-order valence-corrected chi connectivity index (χ2v) is 6.64. The Balaban J connectivity index is 1.63. The van der Waals surface area contributed by atoms with Crippen molar-refractivity contribution in [3.05, 3.63) is 66.6 Å². The van der Waals surface area contributed by atoms with Crippen LogP contribution in [0.25, 0.3) is 27.7 Å². The molecule has 2 aromatic carbocycles. The number of amides is 1. The summed E-state index contributed by atoms with van der Waals surface area (Å²) in [5.74, 6) is -0.183. The van der Waals surface area contributed by atoms with E-state index in [1.807, 2.05) is 29.2 Å². The molecule has 4 aromatic rings. The first-order valence-corrected chi connectivity index (χ1v) is 9.22. The lowest BCUT2D eigenvalue weighted by atomic mass is 10.1. The Hall–Kier alpha value is -3.38. The minimum atomic E-state index is -0.183. The topological polar surface area (TPSA) is 71.9 Å². The number of aromatic nitrogens is 3. The number of methoxy groups -OCH3 is 1. The number of anilines is 1. The predicted molar refractivity (Wildman–Crippen MR) is 111 cm³/mol. The molecule has 6 nitrogen and oxygen atoms in total. The summed E-state index contributed by atoms with van der Waals surface area (Å²) in [6, 6.07) is 14.5. The lowest BCUT2D eigenvalue weighted by Gasteiger charge is -2.04. The summed E-state index contributed by atoms with van der Waals surface area (Å²) in [5.41, 5.74) is 6.07. The minimum absolute atomic E-state index is 0.0238. The van der Waals surface area contributed by atoms with Gasteiger partial charge in [-0.15, -0.1) is 0 Å². The number of aromatic amines is 1. The van der Waals surface area contributed by atoms with Gasteiger partial charge in [0.1, 0.15) is 6.61 Å². The van der Waals surface area contributed by atoms with E-state index in [2.05, 4.69) is 52.7 Å². The third-order valence-corrected chi connectivity index (χ3v) is 4.76. The Bertz CT molecular complexity index is 1110. The van der Waals surface area contributed by atoms with Crippen molar-refractivity contribution in [3.63, 3.8) is 0 Å². The van der Waals surface area contributed by atoms with E-state index in [0.29, 0.717) is 0 Å². The Labute approximate surface area is 163 Å². The van der Waals surface area contributed by atoms with Gasteiger partial charge in [-0.1, -0.05) is 25.1 Å². The van der Waals surface area contributed by atoms with Crippen LogP contribution in [0, 0.1) is 0 Å². The van der Waals surface area contributed by atoms with E-state index in [1.54, 1.807) is 6.20 Å². The number of H-pyrrole nitrogens is 1. The minimum Gasteiger partial charge on any atom is -0.375 e. The van der Waals surface area contributed by atoms with Gasteiger partial charge in [-0.3, -0.25) is 4.79 Å². The Kier molecular flexibility index (Phi) is 4.95. The summed E-state index contributed by atoms with van der Waals surface area (Å²) < 4.78 is 6.76. The summed E-state index contributed by atoms with van der Waals surface area (Å²) in [6.07, 6.45) is 6.67. The summed E-state index contributed by atoms with van der Waals surface area (Å²) in [6.45, 7) is 2.17. The fraction of sp³-hybridized carbons (Fsp3) is 0.182. The molecular formula is C22H22N4O2. The molecule has 0 bridgehead atoms. The smallest absolute Gasteiger partial charge is 0.250 e. The van der Waals surface area contributed by atoms with Crippen molar-refractivity contribution in [1.82, 2.24) is 14.8 Å². The largest absolute Gasteiger partial charge is 0.375 e. The van der Waals surface area contributed by atoms with Crippen LogP contribution < -0.4 is 5.32 Å². The average molecular weight is 374 g/mol. The highest BCUT2D eigenvalue weighted by atomic mass is 16.5. The summed E-state index contributed by atoms with van der Waals surface area (Å²) >= 11 is 0. The van der Waals surface area contributed by atoms with Crippen LogP contribution in [0.1, 0.15) is 12.5 Å². The molecule has 0 aliphatic heterocycles. The van der Waals surface area contributed by atoms with E-state index >= 15 is 0 Å². The summed E-state index contributed by atoms with van der Waals surface area (Å²) in [5, 5.41) is 8.32. The second kappa shape index (κ2) is 7.70. The molecule has 0 fully saturated rings. The van der Waals surface area contributed by atoms with E-state index < -0.39 is 0 Å². The first-order chi connectivity index (χ1) is 13.7. The number of fused-ring (bicyclic) bond motifs is 1. The number of benzene rings is 2. The molecule has 6 heteroatoms. The van der Waals surface area contributed by atoms with Gasteiger partial charge >= 0.3 is 0 Å². The van der Waals surface area contributed by atoms with Crippen LogP contribution in [0.3, 0.4) is 0 Å². The van der Waals surface area contributed by atoms with Gasteiger partial charge in [-0.2, -0.15) is 5.10 Å². The number of hydrogen-bond acceptors (Lipinski definition) is 3. The Morgan fingerprint density at radius 1 is 1.18 bits per heavy atom. The number of aryl methyl sites for hydroxylation is 1. The lowest BCUT2D eigenvalue weighted by molar-refractivity contribution is -0.119. The monoisotopic (exact) mass is 374 g/mol. The van der Waals surface area contributed by atoms with Gasteiger partial charge in [-0.25, -0.2) is 4.68 Å². The van der Waals surface area contributed by atoms with Crippen molar-refractivity contribution < 1.29 is 9.53 Å². The molecule has 0 radical (unpaired) electrons. The SMILES string of the molecule is CCc1ccc(-n2cc(-c3ccc4[nH]cc(NC(=O)COC)c4c3)cn2)cc1. The highest BCUT2D eigenvalue weighted by molar-refractivity contribution is 6.03. The van der Waals surface area contributed by atoms with Crippen molar-refractivity contribution in [1.29, 1.82) is 0 Å². The number of carbonyl (C=O) groups excluding carboxylic acids is 1. The number of rotatable bonds is 6. The molecular weight excluding hydrogens is 352 g/mol.